The summed E-state index contributed by atoms with van der Waals surface area (Å²) in [7, 11) is 0. The van der Waals surface area contributed by atoms with E-state index in [1.165, 1.54) is 0 Å². The van der Waals surface area contributed by atoms with E-state index in [9.17, 15) is 9.59 Å². The van der Waals surface area contributed by atoms with Crippen molar-refractivity contribution < 1.29 is 9.21 Å². The van der Waals surface area contributed by atoms with Crippen LogP contribution in [-0.4, -0.2) is 25.0 Å². The maximum Gasteiger partial charge on any atom is 0.349 e. The average molecular weight is 309 g/mol. The quantitative estimate of drug-likeness (QED) is 0.828. The highest BCUT2D eigenvalue weighted by Crippen LogP contribution is 2.13. The molecule has 0 atom stereocenters. The van der Waals surface area contributed by atoms with Crippen LogP contribution in [0.2, 0.25) is 0 Å². The zero-order chi connectivity index (χ0) is 13.9. The van der Waals surface area contributed by atoms with Gasteiger partial charge in [0.25, 0.3) is 5.91 Å². The predicted molar refractivity (Wildman–Crippen MR) is 83.1 cm³/mol. The molecule has 2 aromatic rings. The summed E-state index contributed by atoms with van der Waals surface area (Å²) in [4.78, 5) is 24.1. The zero-order valence-electron chi connectivity index (χ0n) is 11.4. The van der Waals surface area contributed by atoms with Gasteiger partial charge in [0, 0.05) is 11.4 Å². The highest BCUT2D eigenvalue weighted by atomic mass is 35.5. The number of carbonyl (C=O) groups is 1. The third-order valence-electron chi connectivity index (χ3n) is 3.56. The number of para-hydroxylation sites is 1. The first-order chi connectivity index (χ1) is 9.74. The van der Waals surface area contributed by atoms with Gasteiger partial charge in [0.05, 0.1) is 0 Å². The number of rotatable bonds is 2. The van der Waals surface area contributed by atoms with E-state index >= 15 is 0 Å². The lowest BCUT2D eigenvalue weighted by atomic mass is 10.1. The van der Waals surface area contributed by atoms with Crippen molar-refractivity contribution in [1.29, 1.82) is 0 Å². The normalized spacial score (nSPS) is 15.4. The largest absolute Gasteiger partial charge is 0.422 e. The minimum Gasteiger partial charge on any atom is -0.422 e. The first kappa shape index (κ1) is 15.5. The maximum atomic E-state index is 12.2. The topological polar surface area (TPSA) is 71.3 Å². The molecule has 1 amide bonds. The van der Waals surface area contributed by atoms with Gasteiger partial charge in [0.15, 0.2) is 0 Å². The number of carbonyl (C=O) groups excluding carboxylic acids is 1. The van der Waals surface area contributed by atoms with Crippen LogP contribution in [0.25, 0.3) is 11.0 Å². The van der Waals surface area contributed by atoms with Gasteiger partial charge in [-0.25, -0.2) is 4.79 Å². The van der Waals surface area contributed by atoms with Crippen LogP contribution in [0.1, 0.15) is 23.2 Å². The standard InChI is InChI=1S/C15H16N2O3.ClH/c18-14(17-11-5-7-16-8-6-11)12-9-10-3-1-2-4-13(10)20-15(12)19;/h1-4,9,11,16H,5-8H2,(H,17,18);1H. The van der Waals surface area contributed by atoms with E-state index in [4.69, 9.17) is 4.42 Å². The van der Waals surface area contributed by atoms with Crippen molar-refractivity contribution in [2.45, 2.75) is 18.9 Å². The molecule has 0 saturated carbocycles. The molecule has 1 aliphatic heterocycles. The van der Waals surface area contributed by atoms with E-state index in [-0.39, 0.29) is 29.9 Å². The number of hydrogen-bond acceptors (Lipinski definition) is 4. The molecule has 1 aromatic heterocycles. The minimum atomic E-state index is -0.588. The summed E-state index contributed by atoms with van der Waals surface area (Å²) in [6.07, 6.45) is 1.76. The van der Waals surface area contributed by atoms with Crippen molar-refractivity contribution >= 4 is 29.3 Å². The number of piperidine rings is 1. The summed E-state index contributed by atoms with van der Waals surface area (Å²) in [5.41, 5.74) is -0.0201. The van der Waals surface area contributed by atoms with Crippen LogP contribution in [0.4, 0.5) is 0 Å². The third-order valence-corrected chi connectivity index (χ3v) is 3.56. The first-order valence-corrected chi connectivity index (χ1v) is 6.78. The van der Waals surface area contributed by atoms with Gasteiger partial charge in [0.2, 0.25) is 0 Å². The van der Waals surface area contributed by atoms with E-state index in [0.29, 0.717) is 5.58 Å². The van der Waals surface area contributed by atoms with Gasteiger partial charge in [-0.15, -0.1) is 12.4 Å². The second kappa shape index (κ2) is 6.74. The Morgan fingerprint density at radius 2 is 1.95 bits per heavy atom. The number of hydrogen-bond donors (Lipinski definition) is 2. The predicted octanol–water partition coefficient (Wildman–Crippen LogP) is 1.70. The fourth-order valence-electron chi connectivity index (χ4n) is 2.45. The summed E-state index contributed by atoms with van der Waals surface area (Å²) in [5.74, 6) is -0.351. The Kier molecular flexibility index (Phi) is 4.98. The monoisotopic (exact) mass is 308 g/mol. The van der Waals surface area contributed by atoms with Gasteiger partial charge < -0.3 is 15.1 Å². The van der Waals surface area contributed by atoms with E-state index in [0.717, 1.165) is 31.3 Å². The summed E-state index contributed by atoms with van der Waals surface area (Å²) in [6.45, 7) is 1.77. The summed E-state index contributed by atoms with van der Waals surface area (Å²) in [5, 5.41) is 6.89. The molecule has 1 saturated heterocycles. The zero-order valence-corrected chi connectivity index (χ0v) is 12.2. The lowest BCUT2D eigenvalue weighted by Gasteiger charge is -2.23. The molecular weight excluding hydrogens is 292 g/mol. The van der Waals surface area contributed by atoms with Crippen LogP contribution in [0.15, 0.2) is 39.5 Å². The van der Waals surface area contributed by atoms with E-state index in [1.54, 1.807) is 18.2 Å². The van der Waals surface area contributed by atoms with Crippen LogP contribution >= 0.6 is 12.4 Å². The molecule has 112 valence electrons. The van der Waals surface area contributed by atoms with Crippen molar-refractivity contribution in [2.75, 3.05) is 13.1 Å². The van der Waals surface area contributed by atoms with Gasteiger partial charge in [-0.3, -0.25) is 4.79 Å². The van der Waals surface area contributed by atoms with E-state index in [1.807, 2.05) is 12.1 Å². The summed E-state index contributed by atoms with van der Waals surface area (Å²) < 4.78 is 5.17. The van der Waals surface area contributed by atoms with Crippen molar-refractivity contribution in [3.63, 3.8) is 0 Å². The SMILES string of the molecule is Cl.O=C(NC1CCNCC1)c1cc2ccccc2oc1=O. The Morgan fingerprint density at radius 3 is 2.71 bits per heavy atom. The van der Waals surface area contributed by atoms with Crippen LogP contribution in [0.3, 0.4) is 0 Å². The highest BCUT2D eigenvalue weighted by Gasteiger charge is 2.19. The summed E-state index contributed by atoms with van der Waals surface area (Å²) >= 11 is 0. The molecule has 1 aliphatic rings. The third kappa shape index (κ3) is 3.43. The molecule has 5 nitrogen and oxygen atoms in total. The molecular formula is C15H17ClN2O3. The van der Waals surface area contributed by atoms with Crippen LogP contribution in [0, 0.1) is 0 Å². The molecule has 3 rings (SSSR count). The fourth-order valence-corrected chi connectivity index (χ4v) is 2.45. The Morgan fingerprint density at radius 1 is 1.24 bits per heavy atom. The Balaban J connectivity index is 0.00000161. The fraction of sp³-hybridized carbons (Fsp3) is 0.333. The van der Waals surface area contributed by atoms with Gasteiger partial charge >= 0.3 is 5.63 Å². The number of halogens is 1. The number of fused-ring (bicyclic) bond motifs is 1. The molecule has 0 unspecified atom stereocenters. The van der Waals surface area contributed by atoms with Gasteiger partial charge in [-0.1, -0.05) is 18.2 Å². The molecule has 6 heteroatoms. The van der Waals surface area contributed by atoms with E-state index < -0.39 is 5.63 Å². The van der Waals surface area contributed by atoms with Crippen LogP contribution in [0.5, 0.6) is 0 Å². The molecule has 0 spiro atoms. The number of nitrogens with one attached hydrogen (secondary N) is 2. The Hall–Kier alpha value is -1.85. The van der Waals surface area contributed by atoms with Gasteiger partial charge in [-0.05, 0) is 38.1 Å². The first-order valence-electron chi connectivity index (χ1n) is 6.78. The molecule has 1 fully saturated rings. The Labute approximate surface area is 128 Å². The smallest absolute Gasteiger partial charge is 0.349 e. The van der Waals surface area contributed by atoms with Crippen molar-refractivity contribution in [1.82, 2.24) is 10.6 Å². The highest BCUT2D eigenvalue weighted by molar-refractivity contribution is 5.96. The van der Waals surface area contributed by atoms with Crippen molar-refractivity contribution in [2.24, 2.45) is 0 Å². The number of benzene rings is 1. The maximum absolute atomic E-state index is 12.2. The van der Waals surface area contributed by atoms with Gasteiger partial charge in [0.1, 0.15) is 11.1 Å². The van der Waals surface area contributed by atoms with Crippen LogP contribution in [-0.2, 0) is 0 Å². The minimum absolute atomic E-state index is 0. The van der Waals surface area contributed by atoms with Crippen LogP contribution < -0.4 is 16.3 Å². The van der Waals surface area contributed by atoms with Gasteiger partial charge in [-0.2, -0.15) is 0 Å². The average Bonchev–Trinajstić information content (AvgIpc) is 2.47. The lowest BCUT2D eigenvalue weighted by Crippen LogP contribution is -2.43. The molecule has 1 aromatic carbocycles. The molecule has 0 aliphatic carbocycles. The lowest BCUT2D eigenvalue weighted by molar-refractivity contribution is 0.0926. The molecule has 0 bridgehead atoms. The second-order valence-electron chi connectivity index (χ2n) is 4.98. The molecule has 0 radical (unpaired) electrons. The Bertz CT molecular complexity index is 693. The van der Waals surface area contributed by atoms with E-state index in [2.05, 4.69) is 10.6 Å². The van der Waals surface area contributed by atoms with Crippen molar-refractivity contribution in [3.8, 4) is 0 Å². The number of amides is 1. The summed E-state index contributed by atoms with van der Waals surface area (Å²) in [6, 6.07) is 8.88. The van der Waals surface area contributed by atoms with Crippen molar-refractivity contribution in [3.05, 3.63) is 46.3 Å². The molecule has 2 heterocycles. The molecule has 2 N–H and O–H groups in total. The second-order valence-corrected chi connectivity index (χ2v) is 4.98. The molecule has 21 heavy (non-hydrogen) atoms.